The summed E-state index contributed by atoms with van der Waals surface area (Å²) in [4.78, 5) is 35.9. The number of esters is 1. The van der Waals surface area contributed by atoms with Crippen molar-refractivity contribution in [2.45, 2.75) is 63.2 Å². The van der Waals surface area contributed by atoms with Crippen LogP contribution in [0.3, 0.4) is 0 Å². The molecular formula is C31H37NO8. The van der Waals surface area contributed by atoms with Crippen molar-refractivity contribution in [3.05, 3.63) is 77.4 Å². The molecule has 0 spiro atoms. The fourth-order valence-electron chi connectivity index (χ4n) is 5.05. The molecule has 0 aliphatic carbocycles. The second-order valence-electron chi connectivity index (χ2n) is 9.91. The average Bonchev–Trinajstić information content (AvgIpc) is 2.92. The molecule has 0 fully saturated rings. The Morgan fingerprint density at radius 3 is 2.35 bits per heavy atom. The Hall–Kier alpha value is -3.95. The van der Waals surface area contributed by atoms with Crippen molar-refractivity contribution in [3.63, 3.8) is 0 Å². The summed E-state index contributed by atoms with van der Waals surface area (Å²) < 4.78 is 11.4. The van der Waals surface area contributed by atoms with Crippen LogP contribution in [0.1, 0.15) is 55.7 Å². The number of aliphatic hydroxyl groups is 1. The summed E-state index contributed by atoms with van der Waals surface area (Å²) in [5, 5.41) is 34.3. The lowest BCUT2D eigenvalue weighted by Crippen LogP contribution is -2.48. The number of carbonyl (C=O) groups excluding carboxylic acids is 1. The summed E-state index contributed by atoms with van der Waals surface area (Å²) in [6.45, 7) is 2.15. The molecule has 4 N–H and O–H groups in total. The molecule has 3 rings (SSSR count). The molecule has 40 heavy (non-hydrogen) atoms. The Labute approximate surface area is 233 Å². The minimum Gasteiger partial charge on any atom is -0.496 e. The summed E-state index contributed by atoms with van der Waals surface area (Å²) in [5.74, 6) is -4.01. The van der Waals surface area contributed by atoms with Crippen LogP contribution in [0.25, 0.3) is 10.8 Å². The van der Waals surface area contributed by atoms with E-state index in [1.165, 1.54) is 12.7 Å². The molecule has 0 saturated heterocycles. The first-order valence-electron chi connectivity index (χ1n) is 13.3. The van der Waals surface area contributed by atoms with E-state index in [4.69, 9.17) is 14.6 Å². The smallest absolute Gasteiger partial charge is 0.336 e. The number of benzene rings is 3. The minimum atomic E-state index is -2.82. The molecule has 9 nitrogen and oxygen atoms in total. The number of aliphatic carboxylic acids is 2. The van der Waals surface area contributed by atoms with E-state index in [9.17, 15) is 24.6 Å². The fraction of sp³-hybridized carbons (Fsp3) is 0.387. The van der Waals surface area contributed by atoms with E-state index < -0.39 is 42.1 Å². The Kier molecular flexibility index (Phi) is 10.3. The first-order valence-corrected chi connectivity index (χ1v) is 13.3. The van der Waals surface area contributed by atoms with Gasteiger partial charge in [-0.1, -0.05) is 61.9 Å². The monoisotopic (exact) mass is 551 g/mol. The van der Waals surface area contributed by atoms with Crippen molar-refractivity contribution in [2.75, 3.05) is 14.2 Å². The standard InChI is InChI=1S/C31H37NO8/c1-4-9-21-15-16-24-22(10-7-11-23(24)18-21)12-8-17-31(32-2,25-13-5-6-14-26(25)39-3)40-28(35)20-30(38,29(36)37)19-27(33)34/h5-7,10-11,13-16,18,32,38H,4,8-9,12,17,19-20H2,1-3H3,(H,33,34)(H,36,37). The molecular weight excluding hydrogens is 514 g/mol. The van der Waals surface area contributed by atoms with Gasteiger partial charge in [-0.15, -0.1) is 0 Å². The largest absolute Gasteiger partial charge is 0.496 e. The van der Waals surface area contributed by atoms with E-state index in [0.29, 0.717) is 24.2 Å². The number of aryl methyl sites for hydroxylation is 2. The van der Waals surface area contributed by atoms with Crippen molar-refractivity contribution in [1.82, 2.24) is 5.32 Å². The van der Waals surface area contributed by atoms with Gasteiger partial charge in [0, 0.05) is 6.42 Å². The van der Waals surface area contributed by atoms with Crippen molar-refractivity contribution in [2.24, 2.45) is 0 Å². The molecule has 0 aromatic heterocycles. The molecule has 0 heterocycles. The van der Waals surface area contributed by atoms with Crippen LogP contribution in [0.15, 0.2) is 60.7 Å². The SMILES string of the molecule is CCCc1ccc2c(CCCC(NC)(OC(=O)CC(O)(CC(=O)O)C(=O)O)c3ccccc3OC)cccc2c1. The van der Waals surface area contributed by atoms with Crippen LogP contribution in [-0.4, -0.2) is 53.0 Å². The fourth-order valence-corrected chi connectivity index (χ4v) is 5.05. The van der Waals surface area contributed by atoms with Gasteiger partial charge in [0.25, 0.3) is 0 Å². The predicted octanol–water partition coefficient (Wildman–Crippen LogP) is 4.42. The number of carboxylic acids is 2. The van der Waals surface area contributed by atoms with E-state index in [-0.39, 0.29) is 6.42 Å². The molecule has 2 unspecified atom stereocenters. The summed E-state index contributed by atoms with van der Waals surface area (Å²) in [6, 6.07) is 19.6. The van der Waals surface area contributed by atoms with Crippen molar-refractivity contribution >= 4 is 28.7 Å². The number of fused-ring (bicyclic) bond motifs is 1. The highest BCUT2D eigenvalue weighted by atomic mass is 16.6. The van der Waals surface area contributed by atoms with Gasteiger partial charge >= 0.3 is 17.9 Å². The molecule has 0 radical (unpaired) electrons. The molecule has 3 aromatic rings. The quantitative estimate of drug-likeness (QED) is 0.159. The van der Waals surface area contributed by atoms with Gasteiger partial charge in [0.1, 0.15) is 5.75 Å². The zero-order valence-corrected chi connectivity index (χ0v) is 23.1. The van der Waals surface area contributed by atoms with Crippen LogP contribution < -0.4 is 10.1 Å². The highest BCUT2D eigenvalue weighted by molar-refractivity contribution is 5.89. The second kappa shape index (κ2) is 13.4. The summed E-state index contributed by atoms with van der Waals surface area (Å²) in [6.07, 6.45) is 1.40. The molecule has 214 valence electrons. The number of hydrogen-bond donors (Lipinski definition) is 4. The molecule has 9 heteroatoms. The molecule has 0 aliphatic heterocycles. The maximum absolute atomic E-state index is 13.1. The van der Waals surface area contributed by atoms with Gasteiger partial charge in [0.05, 0.1) is 25.5 Å². The van der Waals surface area contributed by atoms with Gasteiger partial charge in [0.2, 0.25) is 0 Å². The zero-order valence-electron chi connectivity index (χ0n) is 23.1. The van der Waals surface area contributed by atoms with Crippen LogP contribution in [0, 0.1) is 0 Å². The molecule has 0 amide bonds. The van der Waals surface area contributed by atoms with Gasteiger partial charge in [-0.25, -0.2) is 4.79 Å². The van der Waals surface area contributed by atoms with Gasteiger partial charge in [0.15, 0.2) is 11.3 Å². The Morgan fingerprint density at radius 2 is 1.70 bits per heavy atom. The van der Waals surface area contributed by atoms with E-state index >= 15 is 0 Å². The summed E-state index contributed by atoms with van der Waals surface area (Å²) in [7, 11) is 3.09. The maximum Gasteiger partial charge on any atom is 0.336 e. The number of carboxylic acid groups (broad SMARTS) is 2. The van der Waals surface area contributed by atoms with Crippen molar-refractivity contribution < 1.29 is 39.2 Å². The third-order valence-electron chi connectivity index (χ3n) is 7.06. The van der Waals surface area contributed by atoms with Gasteiger partial charge in [-0.05, 0) is 60.3 Å². The molecule has 2 atom stereocenters. The zero-order chi connectivity index (χ0) is 29.3. The lowest BCUT2D eigenvalue weighted by Gasteiger charge is -2.35. The Morgan fingerprint density at radius 1 is 0.950 bits per heavy atom. The molecule has 0 aliphatic rings. The Balaban J connectivity index is 1.90. The van der Waals surface area contributed by atoms with Crippen LogP contribution >= 0.6 is 0 Å². The maximum atomic E-state index is 13.1. The van der Waals surface area contributed by atoms with Crippen LogP contribution in [-0.2, 0) is 37.7 Å². The lowest BCUT2D eigenvalue weighted by atomic mass is 9.92. The van der Waals surface area contributed by atoms with E-state index in [1.807, 2.05) is 6.07 Å². The highest BCUT2D eigenvalue weighted by Crippen LogP contribution is 2.36. The van der Waals surface area contributed by atoms with Gasteiger partial charge in [-0.3, -0.25) is 14.9 Å². The lowest BCUT2D eigenvalue weighted by molar-refractivity contribution is -0.181. The first-order chi connectivity index (χ1) is 19.1. The first kappa shape index (κ1) is 30.6. The number of carbonyl (C=O) groups is 3. The molecule has 3 aromatic carbocycles. The third-order valence-corrected chi connectivity index (χ3v) is 7.06. The average molecular weight is 552 g/mol. The number of nitrogens with one attached hydrogen (secondary N) is 1. The van der Waals surface area contributed by atoms with E-state index in [0.717, 1.165) is 29.2 Å². The van der Waals surface area contributed by atoms with Crippen molar-refractivity contribution in [3.8, 4) is 5.75 Å². The van der Waals surface area contributed by atoms with Gasteiger partial charge in [-0.2, -0.15) is 0 Å². The summed E-state index contributed by atoms with van der Waals surface area (Å²) in [5.41, 5.74) is -1.33. The molecule has 0 saturated carbocycles. The third kappa shape index (κ3) is 7.16. The van der Waals surface area contributed by atoms with E-state index in [1.54, 1.807) is 31.3 Å². The Bertz CT molecular complexity index is 1360. The predicted molar refractivity (Wildman–Crippen MR) is 150 cm³/mol. The summed E-state index contributed by atoms with van der Waals surface area (Å²) >= 11 is 0. The van der Waals surface area contributed by atoms with E-state index in [2.05, 4.69) is 42.6 Å². The number of ether oxygens (including phenoxy) is 2. The highest BCUT2D eigenvalue weighted by Gasteiger charge is 2.44. The van der Waals surface area contributed by atoms with Crippen LogP contribution in [0.5, 0.6) is 5.75 Å². The normalized spacial score (nSPS) is 14.2. The second-order valence-corrected chi connectivity index (χ2v) is 9.91. The topological polar surface area (TPSA) is 142 Å². The van der Waals surface area contributed by atoms with Gasteiger partial charge < -0.3 is 24.8 Å². The van der Waals surface area contributed by atoms with Crippen molar-refractivity contribution in [1.29, 1.82) is 0 Å². The number of hydrogen-bond acceptors (Lipinski definition) is 7. The number of para-hydroxylation sites is 1. The van der Waals surface area contributed by atoms with Crippen LogP contribution in [0.2, 0.25) is 0 Å². The minimum absolute atomic E-state index is 0.282. The molecule has 0 bridgehead atoms. The number of rotatable bonds is 15. The number of methoxy groups -OCH3 is 1. The van der Waals surface area contributed by atoms with Crippen LogP contribution in [0.4, 0.5) is 0 Å².